The first-order valence-corrected chi connectivity index (χ1v) is 8.51. The van der Waals surface area contributed by atoms with Crippen LogP contribution in [0.3, 0.4) is 0 Å². The number of rotatable bonds is 3. The first kappa shape index (κ1) is 18.5. The van der Waals surface area contributed by atoms with Gasteiger partial charge >= 0.3 is 0 Å². The molecule has 0 unspecified atom stereocenters. The summed E-state index contributed by atoms with van der Waals surface area (Å²) in [6, 6.07) is 6.66. The lowest BCUT2D eigenvalue weighted by Gasteiger charge is -2.39. The predicted octanol–water partition coefficient (Wildman–Crippen LogP) is 3.64. The molecule has 3 rings (SSSR count). The Morgan fingerprint density at radius 1 is 1.22 bits per heavy atom. The summed E-state index contributed by atoms with van der Waals surface area (Å²) in [6.07, 6.45) is 3.17. The van der Waals surface area contributed by atoms with Crippen LogP contribution in [0, 0.1) is 5.41 Å². The molecule has 1 N–H and O–H groups in total. The molecule has 1 aromatic carbocycles. The lowest BCUT2D eigenvalue weighted by atomic mass is 9.78. The molecule has 0 aliphatic carbocycles. The van der Waals surface area contributed by atoms with Crippen LogP contribution in [-0.4, -0.2) is 42.7 Å². The number of piperidine rings is 1. The molecule has 2 aliphatic rings. The summed E-state index contributed by atoms with van der Waals surface area (Å²) in [5.41, 5.74) is 0.738. The lowest BCUT2D eigenvalue weighted by Crippen LogP contribution is -2.44. The highest BCUT2D eigenvalue weighted by molar-refractivity contribution is 7.99. The van der Waals surface area contributed by atoms with Crippen LogP contribution in [0.25, 0.3) is 0 Å². The number of alkyl halides is 2. The molecule has 2 saturated heterocycles. The fraction of sp³-hybridized carbons (Fsp3) is 0.562. The standard InChI is InChI=1S/C16H20F2N2OS.ClH/c17-15(18)22-13-4-2-1-3-12(13)14(21)20-9-6-16(7-10-20)5-8-19-11-16;/h1-4,15,19H,5-11H2;1H. The number of benzene rings is 1. The molecule has 0 atom stereocenters. The van der Waals surface area contributed by atoms with E-state index in [0.29, 0.717) is 40.7 Å². The molecule has 7 heteroatoms. The molecule has 23 heavy (non-hydrogen) atoms. The van der Waals surface area contributed by atoms with Crippen molar-refractivity contribution in [3.63, 3.8) is 0 Å². The molecule has 1 aromatic rings. The molecular formula is C16H21ClF2N2OS. The second-order valence-corrected chi connectivity index (χ2v) is 7.13. The summed E-state index contributed by atoms with van der Waals surface area (Å²) in [6.45, 7) is 3.52. The van der Waals surface area contributed by atoms with Crippen molar-refractivity contribution in [2.75, 3.05) is 26.2 Å². The molecule has 0 saturated carbocycles. The van der Waals surface area contributed by atoms with Crippen LogP contribution in [0.4, 0.5) is 8.78 Å². The quantitative estimate of drug-likeness (QED) is 0.833. The van der Waals surface area contributed by atoms with Gasteiger partial charge in [-0.1, -0.05) is 23.9 Å². The summed E-state index contributed by atoms with van der Waals surface area (Å²) in [5, 5.41) is 3.40. The number of hydrogen-bond donors (Lipinski definition) is 1. The summed E-state index contributed by atoms with van der Waals surface area (Å²) in [7, 11) is 0. The van der Waals surface area contributed by atoms with E-state index in [-0.39, 0.29) is 18.3 Å². The first-order valence-electron chi connectivity index (χ1n) is 7.64. The molecule has 3 nitrogen and oxygen atoms in total. The summed E-state index contributed by atoms with van der Waals surface area (Å²) in [5.74, 6) is -2.63. The van der Waals surface area contributed by atoms with Crippen molar-refractivity contribution >= 4 is 30.1 Å². The van der Waals surface area contributed by atoms with E-state index in [1.807, 2.05) is 4.90 Å². The third-order valence-corrected chi connectivity index (χ3v) is 5.57. The Labute approximate surface area is 145 Å². The van der Waals surface area contributed by atoms with Gasteiger partial charge in [-0.25, -0.2) is 0 Å². The maximum Gasteiger partial charge on any atom is 0.288 e. The van der Waals surface area contributed by atoms with Gasteiger partial charge in [0.05, 0.1) is 5.56 Å². The van der Waals surface area contributed by atoms with E-state index in [2.05, 4.69) is 5.32 Å². The molecule has 1 spiro atoms. The van der Waals surface area contributed by atoms with Gasteiger partial charge in [0.2, 0.25) is 0 Å². The normalized spacial score (nSPS) is 19.9. The SMILES string of the molecule is Cl.O=C(c1ccccc1SC(F)F)N1CCC2(CCNC2)CC1. The Bertz CT molecular complexity index is 543. The van der Waals surface area contributed by atoms with Gasteiger partial charge < -0.3 is 10.2 Å². The molecule has 0 bridgehead atoms. The number of thioether (sulfide) groups is 1. The van der Waals surface area contributed by atoms with Crippen LogP contribution in [0.1, 0.15) is 29.6 Å². The third kappa shape index (κ3) is 4.17. The van der Waals surface area contributed by atoms with E-state index in [1.54, 1.807) is 24.3 Å². The zero-order valence-electron chi connectivity index (χ0n) is 12.8. The van der Waals surface area contributed by atoms with Gasteiger partial charge in [0.1, 0.15) is 0 Å². The third-order valence-electron chi connectivity index (χ3n) is 4.78. The Morgan fingerprint density at radius 2 is 1.91 bits per heavy atom. The van der Waals surface area contributed by atoms with Crippen LogP contribution < -0.4 is 5.32 Å². The number of carbonyl (C=O) groups excluding carboxylic acids is 1. The van der Waals surface area contributed by atoms with E-state index in [1.165, 1.54) is 6.42 Å². The van der Waals surface area contributed by atoms with Crippen LogP contribution in [-0.2, 0) is 0 Å². The Hall–Kier alpha value is -0.850. The number of nitrogens with zero attached hydrogens (tertiary/aromatic N) is 1. The largest absolute Gasteiger partial charge is 0.339 e. The highest BCUT2D eigenvalue weighted by Gasteiger charge is 2.38. The van der Waals surface area contributed by atoms with Crippen molar-refractivity contribution in [1.82, 2.24) is 10.2 Å². The predicted molar refractivity (Wildman–Crippen MR) is 90.6 cm³/mol. The summed E-state index contributed by atoms with van der Waals surface area (Å²) >= 11 is 0.445. The molecule has 0 aromatic heterocycles. The average molecular weight is 363 g/mol. The lowest BCUT2D eigenvalue weighted by molar-refractivity contribution is 0.0604. The van der Waals surface area contributed by atoms with Crippen molar-refractivity contribution in [1.29, 1.82) is 0 Å². The molecule has 0 radical (unpaired) electrons. The number of hydrogen-bond acceptors (Lipinski definition) is 3. The molecule has 128 valence electrons. The fourth-order valence-corrected chi connectivity index (χ4v) is 4.05. The Kier molecular flexibility index (Phi) is 6.28. The highest BCUT2D eigenvalue weighted by atomic mass is 35.5. The topological polar surface area (TPSA) is 32.3 Å². The number of likely N-dealkylation sites (tertiary alicyclic amines) is 1. The fourth-order valence-electron chi connectivity index (χ4n) is 3.42. The Morgan fingerprint density at radius 3 is 2.52 bits per heavy atom. The molecule has 1 amide bonds. The van der Waals surface area contributed by atoms with Gasteiger partial charge in [0.25, 0.3) is 11.7 Å². The minimum atomic E-state index is -2.51. The van der Waals surface area contributed by atoms with Gasteiger partial charge in [-0.05, 0) is 43.4 Å². The summed E-state index contributed by atoms with van der Waals surface area (Å²) in [4.78, 5) is 14.8. The monoisotopic (exact) mass is 362 g/mol. The van der Waals surface area contributed by atoms with Crippen molar-refractivity contribution in [3.05, 3.63) is 29.8 Å². The molecule has 2 aliphatic heterocycles. The van der Waals surface area contributed by atoms with E-state index < -0.39 is 5.76 Å². The van der Waals surface area contributed by atoms with Gasteiger partial charge in [-0.3, -0.25) is 4.79 Å². The van der Waals surface area contributed by atoms with E-state index in [4.69, 9.17) is 0 Å². The van der Waals surface area contributed by atoms with Gasteiger partial charge in [0, 0.05) is 24.5 Å². The minimum absolute atomic E-state index is 0. The Balaban J connectivity index is 0.00000192. The van der Waals surface area contributed by atoms with Crippen LogP contribution in [0.15, 0.2) is 29.2 Å². The minimum Gasteiger partial charge on any atom is -0.339 e. The average Bonchev–Trinajstić information content (AvgIpc) is 2.96. The number of halogens is 3. The number of carbonyl (C=O) groups is 1. The second kappa shape index (κ2) is 7.81. The van der Waals surface area contributed by atoms with E-state index in [0.717, 1.165) is 25.9 Å². The molecule has 2 heterocycles. The second-order valence-electron chi connectivity index (χ2n) is 6.09. The van der Waals surface area contributed by atoms with Crippen molar-refractivity contribution in [2.45, 2.75) is 29.9 Å². The number of nitrogens with one attached hydrogen (secondary N) is 1. The molecule has 2 fully saturated rings. The smallest absolute Gasteiger partial charge is 0.288 e. The van der Waals surface area contributed by atoms with E-state index in [9.17, 15) is 13.6 Å². The van der Waals surface area contributed by atoms with Crippen LogP contribution >= 0.6 is 24.2 Å². The first-order chi connectivity index (χ1) is 10.6. The zero-order chi connectivity index (χ0) is 15.6. The van der Waals surface area contributed by atoms with Gasteiger partial charge in [-0.2, -0.15) is 8.78 Å². The van der Waals surface area contributed by atoms with Gasteiger partial charge in [-0.15, -0.1) is 12.4 Å². The maximum absolute atomic E-state index is 12.7. The van der Waals surface area contributed by atoms with Gasteiger partial charge in [0.15, 0.2) is 0 Å². The van der Waals surface area contributed by atoms with Crippen molar-refractivity contribution in [3.8, 4) is 0 Å². The van der Waals surface area contributed by atoms with Crippen molar-refractivity contribution < 1.29 is 13.6 Å². The van der Waals surface area contributed by atoms with Crippen LogP contribution in [0.5, 0.6) is 0 Å². The van der Waals surface area contributed by atoms with Crippen LogP contribution in [0.2, 0.25) is 0 Å². The van der Waals surface area contributed by atoms with Crippen molar-refractivity contribution in [2.24, 2.45) is 5.41 Å². The zero-order valence-corrected chi connectivity index (χ0v) is 14.4. The van der Waals surface area contributed by atoms with E-state index >= 15 is 0 Å². The highest BCUT2D eigenvalue weighted by Crippen LogP contribution is 2.38. The maximum atomic E-state index is 12.7. The number of amides is 1. The molecular weight excluding hydrogens is 342 g/mol. The summed E-state index contributed by atoms with van der Waals surface area (Å²) < 4.78 is 25.3.